The van der Waals surface area contributed by atoms with Crippen LogP contribution in [0.4, 0.5) is 0 Å². The number of ether oxygens (including phenoxy) is 1. The first-order valence-electron chi connectivity index (χ1n) is 7.16. The average molecular weight is 296 g/mol. The lowest BCUT2D eigenvalue weighted by Crippen LogP contribution is -2.39. The first-order valence-corrected chi connectivity index (χ1v) is 8.04. The van der Waals surface area contributed by atoms with E-state index in [4.69, 9.17) is 4.74 Å². The van der Waals surface area contributed by atoms with Crippen molar-refractivity contribution >= 4 is 17.2 Å². The van der Waals surface area contributed by atoms with E-state index in [0.717, 1.165) is 6.42 Å². The molecule has 5 heteroatoms. The molecule has 0 bridgehead atoms. The lowest BCUT2D eigenvalue weighted by molar-refractivity contribution is -0.133. The summed E-state index contributed by atoms with van der Waals surface area (Å²) in [6.07, 6.45) is 0.859. The zero-order valence-electron chi connectivity index (χ0n) is 12.6. The summed E-state index contributed by atoms with van der Waals surface area (Å²) in [6, 6.07) is 4.21. The molecule has 3 atom stereocenters. The molecule has 2 rings (SSSR count). The molecule has 0 aromatic carbocycles. The molecule has 1 amide bonds. The van der Waals surface area contributed by atoms with Crippen LogP contribution in [-0.2, 0) is 9.53 Å². The maximum absolute atomic E-state index is 12.7. The highest BCUT2D eigenvalue weighted by molar-refractivity contribution is 7.10. The monoisotopic (exact) mass is 296 g/mol. The van der Waals surface area contributed by atoms with Crippen LogP contribution >= 0.6 is 11.3 Å². The largest absolute Gasteiger partial charge is 0.385 e. The molecule has 1 aliphatic heterocycles. The third-order valence-corrected chi connectivity index (χ3v) is 4.75. The summed E-state index contributed by atoms with van der Waals surface area (Å²) in [5.41, 5.74) is 0. The first-order chi connectivity index (χ1) is 9.56. The van der Waals surface area contributed by atoms with E-state index >= 15 is 0 Å². The number of carbonyl (C=O) groups is 1. The summed E-state index contributed by atoms with van der Waals surface area (Å²) < 4.78 is 5.15. The highest BCUT2D eigenvalue weighted by atomic mass is 32.1. The Kier molecular flexibility index (Phi) is 5.18. The van der Waals surface area contributed by atoms with Gasteiger partial charge < -0.3 is 9.64 Å². The number of hydrogen-bond acceptors (Lipinski definition) is 4. The Hall–Kier alpha value is -0.910. The van der Waals surface area contributed by atoms with E-state index in [0.29, 0.717) is 12.5 Å². The molecule has 112 valence electrons. The van der Waals surface area contributed by atoms with Gasteiger partial charge in [0.2, 0.25) is 5.91 Å². The van der Waals surface area contributed by atoms with Crippen molar-refractivity contribution in [1.29, 1.82) is 0 Å². The van der Waals surface area contributed by atoms with Gasteiger partial charge in [-0.3, -0.25) is 10.1 Å². The zero-order chi connectivity index (χ0) is 14.7. The van der Waals surface area contributed by atoms with Crippen LogP contribution in [0.5, 0.6) is 0 Å². The Morgan fingerprint density at radius 3 is 2.75 bits per heavy atom. The minimum atomic E-state index is -0.0907. The van der Waals surface area contributed by atoms with Crippen molar-refractivity contribution in [2.45, 2.75) is 45.4 Å². The Morgan fingerprint density at radius 1 is 1.45 bits per heavy atom. The Labute approximate surface area is 125 Å². The second-order valence-corrected chi connectivity index (χ2v) is 6.66. The van der Waals surface area contributed by atoms with Gasteiger partial charge in [-0.2, -0.15) is 0 Å². The van der Waals surface area contributed by atoms with Crippen molar-refractivity contribution in [1.82, 2.24) is 10.2 Å². The molecule has 1 saturated heterocycles. The molecule has 1 aromatic rings. The first kappa shape index (κ1) is 15.5. The van der Waals surface area contributed by atoms with Crippen LogP contribution in [0.25, 0.3) is 0 Å². The molecule has 2 heterocycles. The average Bonchev–Trinajstić information content (AvgIpc) is 3.02. The van der Waals surface area contributed by atoms with Gasteiger partial charge >= 0.3 is 0 Å². The number of methoxy groups -OCH3 is 1. The fourth-order valence-corrected chi connectivity index (χ4v) is 3.43. The Bertz CT molecular complexity index is 433. The molecule has 1 aromatic heterocycles. The van der Waals surface area contributed by atoms with Crippen molar-refractivity contribution in [2.24, 2.45) is 5.92 Å². The molecule has 1 fully saturated rings. The van der Waals surface area contributed by atoms with Crippen LogP contribution in [0, 0.1) is 5.92 Å². The van der Waals surface area contributed by atoms with Gasteiger partial charge in [-0.1, -0.05) is 19.9 Å². The second kappa shape index (κ2) is 6.70. The van der Waals surface area contributed by atoms with Gasteiger partial charge in [0.15, 0.2) is 0 Å². The number of amides is 1. The molecule has 0 aliphatic carbocycles. The van der Waals surface area contributed by atoms with Gasteiger partial charge in [0.1, 0.15) is 6.17 Å². The van der Waals surface area contributed by atoms with Crippen molar-refractivity contribution < 1.29 is 9.53 Å². The van der Waals surface area contributed by atoms with Crippen molar-refractivity contribution in [3.63, 3.8) is 0 Å². The number of thiophene rings is 1. The van der Waals surface area contributed by atoms with Gasteiger partial charge in [-0.15, -0.1) is 11.3 Å². The minimum Gasteiger partial charge on any atom is -0.385 e. The fraction of sp³-hybridized carbons (Fsp3) is 0.667. The fourth-order valence-electron chi connectivity index (χ4n) is 2.65. The molecular formula is C15H24N2O2S. The van der Waals surface area contributed by atoms with Crippen LogP contribution in [0.3, 0.4) is 0 Å². The standard InChI is InChI=1S/C15H24N2O2S/c1-10(2)13-15(18)17(11(3)7-8-19-4)14(16-13)12-6-5-9-20-12/h5-6,9-11,13-14,16H,7-8H2,1-4H3. The molecule has 0 radical (unpaired) electrons. The molecule has 0 spiro atoms. The Morgan fingerprint density at radius 2 is 2.20 bits per heavy atom. The number of hydrogen-bond donors (Lipinski definition) is 1. The second-order valence-electron chi connectivity index (χ2n) is 5.68. The smallest absolute Gasteiger partial charge is 0.241 e. The number of carbonyl (C=O) groups excluding carboxylic acids is 1. The summed E-state index contributed by atoms with van der Waals surface area (Å²) in [4.78, 5) is 15.9. The van der Waals surface area contributed by atoms with Gasteiger partial charge in [0.05, 0.1) is 6.04 Å². The molecule has 1 aliphatic rings. The van der Waals surface area contributed by atoms with E-state index < -0.39 is 0 Å². The molecule has 20 heavy (non-hydrogen) atoms. The lowest BCUT2D eigenvalue weighted by atomic mass is 10.0. The van der Waals surface area contributed by atoms with Crippen LogP contribution in [0.2, 0.25) is 0 Å². The molecule has 1 N–H and O–H groups in total. The van der Waals surface area contributed by atoms with E-state index in [1.165, 1.54) is 4.88 Å². The normalized spacial score (nSPS) is 24.6. The highest BCUT2D eigenvalue weighted by Crippen LogP contribution is 2.32. The number of rotatable bonds is 6. The maximum atomic E-state index is 12.7. The van der Waals surface area contributed by atoms with Crippen LogP contribution in [-0.4, -0.2) is 36.6 Å². The zero-order valence-corrected chi connectivity index (χ0v) is 13.4. The summed E-state index contributed by atoms with van der Waals surface area (Å²) in [7, 11) is 1.70. The van der Waals surface area contributed by atoms with Crippen molar-refractivity contribution in [3.8, 4) is 0 Å². The van der Waals surface area contributed by atoms with Gasteiger partial charge in [-0.05, 0) is 30.7 Å². The van der Waals surface area contributed by atoms with Gasteiger partial charge in [0.25, 0.3) is 0 Å². The van der Waals surface area contributed by atoms with Crippen molar-refractivity contribution in [2.75, 3.05) is 13.7 Å². The molecular weight excluding hydrogens is 272 g/mol. The third kappa shape index (κ3) is 3.05. The minimum absolute atomic E-state index is 0.00163. The summed E-state index contributed by atoms with van der Waals surface area (Å²) >= 11 is 1.69. The summed E-state index contributed by atoms with van der Waals surface area (Å²) in [5, 5.41) is 5.55. The predicted molar refractivity (Wildman–Crippen MR) is 81.6 cm³/mol. The van der Waals surface area contributed by atoms with Crippen LogP contribution in [0.1, 0.15) is 38.2 Å². The number of nitrogens with one attached hydrogen (secondary N) is 1. The molecule has 3 unspecified atom stereocenters. The van der Waals surface area contributed by atoms with Gasteiger partial charge in [-0.25, -0.2) is 0 Å². The topological polar surface area (TPSA) is 41.6 Å². The van der Waals surface area contributed by atoms with Crippen LogP contribution < -0.4 is 5.32 Å². The maximum Gasteiger partial charge on any atom is 0.241 e. The van der Waals surface area contributed by atoms with E-state index in [1.807, 2.05) is 11.0 Å². The van der Waals surface area contributed by atoms with E-state index in [1.54, 1.807) is 18.4 Å². The highest BCUT2D eigenvalue weighted by Gasteiger charge is 2.43. The van der Waals surface area contributed by atoms with Crippen molar-refractivity contribution in [3.05, 3.63) is 22.4 Å². The predicted octanol–water partition coefficient (Wildman–Crippen LogP) is 2.63. The number of nitrogens with zero attached hydrogens (tertiary/aromatic N) is 1. The summed E-state index contributed by atoms with van der Waals surface area (Å²) in [6.45, 7) is 6.95. The summed E-state index contributed by atoms with van der Waals surface area (Å²) in [5.74, 6) is 0.506. The van der Waals surface area contributed by atoms with E-state index in [9.17, 15) is 4.79 Å². The Balaban J connectivity index is 2.21. The van der Waals surface area contributed by atoms with E-state index in [-0.39, 0.29) is 24.2 Å². The SMILES string of the molecule is COCCC(C)N1C(=O)C(C(C)C)NC1c1cccs1. The molecule has 4 nitrogen and oxygen atoms in total. The van der Waals surface area contributed by atoms with E-state index in [2.05, 4.69) is 37.5 Å². The quantitative estimate of drug-likeness (QED) is 0.877. The third-order valence-electron chi connectivity index (χ3n) is 3.83. The lowest BCUT2D eigenvalue weighted by Gasteiger charge is -2.29. The van der Waals surface area contributed by atoms with Gasteiger partial charge in [0, 0.05) is 24.6 Å². The molecule has 0 saturated carbocycles. The van der Waals surface area contributed by atoms with Crippen LogP contribution in [0.15, 0.2) is 17.5 Å².